The number of sulfonamides is 1. The summed E-state index contributed by atoms with van der Waals surface area (Å²) >= 11 is 1.39. The molecule has 156 valence electrons. The first-order chi connectivity index (χ1) is 13.8. The van der Waals surface area contributed by atoms with E-state index in [1.54, 1.807) is 23.0 Å². The SMILES string of the molecule is Cc1cc(C)cc(S(=O)(=O)N2CC3(C2)OCC[C@@H]3CCNC(=O)c2cscn2)c1. The number of ether oxygens (including phenoxy) is 1. The number of hydrogen-bond donors (Lipinski definition) is 1. The van der Waals surface area contributed by atoms with Gasteiger partial charge in [0.25, 0.3) is 5.91 Å². The van der Waals surface area contributed by atoms with Crippen LogP contribution in [0.1, 0.15) is 34.5 Å². The predicted molar refractivity (Wildman–Crippen MR) is 111 cm³/mol. The van der Waals surface area contributed by atoms with Crippen molar-refractivity contribution in [3.05, 3.63) is 45.9 Å². The Balaban J connectivity index is 1.37. The lowest BCUT2D eigenvalue weighted by atomic mass is 9.80. The van der Waals surface area contributed by atoms with Crippen LogP contribution < -0.4 is 5.32 Å². The van der Waals surface area contributed by atoms with Gasteiger partial charge in [0.2, 0.25) is 10.0 Å². The van der Waals surface area contributed by atoms with Gasteiger partial charge in [0.15, 0.2) is 0 Å². The zero-order chi connectivity index (χ0) is 20.6. The Labute approximate surface area is 175 Å². The van der Waals surface area contributed by atoms with Crippen LogP contribution in [0, 0.1) is 19.8 Å². The van der Waals surface area contributed by atoms with Gasteiger partial charge in [-0.1, -0.05) is 6.07 Å². The van der Waals surface area contributed by atoms with Crippen LogP contribution in [0.2, 0.25) is 0 Å². The van der Waals surface area contributed by atoms with Crippen molar-refractivity contribution in [2.45, 2.75) is 37.2 Å². The first kappa shape index (κ1) is 20.5. The molecule has 2 aromatic rings. The highest BCUT2D eigenvalue weighted by atomic mass is 32.2. The average molecular weight is 436 g/mol. The molecule has 3 heterocycles. The van der Waals surface area contributed by atoms with Gasteiger partial charge in [0, 0.05) is 31.6 Å². The van der Waals surface area contributed by atoms with Crippen molar-refractivity contribution in [1.29, 1.82) is 0 Å². The van der Waals surface area contributed by atoms with E-state index in [1.165, 1.54) is 15.6 Å². The van der Waals surface area contributed by atoms with E-state index in [1.807, 2.05) is 19.9 Å². The average Bonchev–Trinajstić information content (AvgIpc) is 3.29. The van der Waals surface area contributed by atoms with Gasteiger partial charge in [0.1, 0.15) is 5.69 Å². The molecule has 1 amide bonds. The minimum Gasteiger partial charge on any atom is -0.372 e. The number of rotatable bonds is 6. The minimum absolute atomic E-state index is 0.174. The largest absolute Gasteiger partial charge is 0.372 e. The van der Waals surface area contributed by atoms with Gasteiger partial charge in [-0.15, -0.1) is 11.3 Å². The monoisotopic (exact) mass is 435 g/mol. The van der Waals surface area contributed by atoms with Crippen molar-refractivity contribution in [3.63, 3.8) is 0 Å². The standard InChI is InChI=1S/C20H25N3O4S2/c1-14-7-15(2)9-17(8-14)29(25,26)23-11-20(12-23)16(4-6-27-20)3-5-21-19(24)18-10-28-13-22-18/h7-10,13,16H,3-6,11-12H2,1-2H3,(H,21,24)/t16-/m0/s1. The summed E-state index contributed by atoms with van der Waals surface area (Å²) in [5.41, 5.74) is 3.50. The van der Waals surface area contributed by atoms with Crippen molar-refractivity contribution in [1.82, 2.24) is 14.6 Å². The molecule has 1 N–H and O–H groups in total. The van der Waals surface area contributed by atoms with Crippen molar-refractivity contribution in [2.75, 3.05) is 26.2 Å². The number of benzene rings is 1. The zero-order valence-corrected chi connectivity index (χ0v) is 18.2. The Hall–Kier alpha value is -1.81. The van der Waals surface area contributed by atoms with E-state index in [0.29, 0.717) is 36.8 Å². The van der Waals surface area contributed by atoms with Gasteiger partial charge in [-0.3, -0.25) is 4.79 Å². The van der Waals surface area contributed by atoms with Crippen LogP contribution in [0.4, 0.5) is 0 Å². The molecule has 9 heteroatoms. The molecule has 0 unspecified atom stereocenters. The summed E-state index contributed by atoms with van der Waals surface area (Å²) < 4.78 is 33.5. The van der Waals surface area contributed by atoms with Crippen molar-refractivity contribution in [3.8, 4) is 0 Å². The Morgan fingerprint density at radius 3 is 2.69 bits per heavy atom. The summed E-state index contributed by atoms with van der Waals surface area (Å²) in [5, 5.41) is 4.61. The number of hydrogen-bond acceptors (Lipinski definition) is 6. The predicted octanol–water partition coefficient (Wildman–Crippen LogP) is 2.36. The van der Waals surface area contributed by atoms with E-state index >= 15 is 0 Å². The van der Waals surface area contributed by atoms with E-state index < -0.39 is 15.6 Å². The second-order valence-corrected chi connectivity index (χ2v) is 10.6. The lowest BCUT2D eigenvalue weighted by molar-refractivity contribution is -0.102. The fourth-order valence-corrected chi connectivity index (χ4v) is 6.55. The van der Waals surface area contributed by atoms with Gasteiger partial charge >= 0.3 is 0 Å². The van der Waals surface area contributed by atoms with Gasteiger partial charge in [-0.2, -0.15) is 4.31 Å². The zero-order valence-electron chi connectivity index (χ0n) is 16.6. The third-order valence-electron chi connectivity index (χ3n) is 5.76. The maximum Gasteiger partial charge on any atom is 0.270 e. The van der Waals surface area contributed by atoms with E-state index in [2.05, 4.69) is 10.3 Å². The Morgan fingerprint density at radius 2 is 2.03 bits per heavy atom. The summed E-state index contributed by atoms with van der Waals surface area (Å²) in [7, 11) is -3.52. The highest BCUT2D eigenvalue weighted by Gasteiger charge is 2.56. The molecule has 0 aliphatic carbocycles. The molecule has 2 aliphatic rings. The first-order valence-electron chi connectivity index (χ1n) is 9.69. The summed E-state index contributed by atoms with van der Waals surface area (Å²) in [6.07, 6.45) is 1.64. The van der Waals surface area contributed by atoms with E-state index in [9.17, 15) is 13.2 Å². The maximum absolute atomic E-state index is 13.0. The lowest BCUT2D eigenvalue weighted by Gasteiger charge is -2.49. The van der Waals surface area contributed by atoms with E-state index in [4.69, 9.17) is 4.74 Å². The van der Waals surface area contributed by atoms with Crippen LogP contribution in [0.5, 0.6) is 0 Å². The number of aromatic nitrogens is 1. The molecule has 2 fully saturated rings. The quantitative estimate of drug-likeness (QED) is 0.753. The number of thiazole rings is 1. The summed E-state index contributed by atoms with van der Waals surface area (Å²) in [6, 6.07) is 5.40. The molecule has 2 saturated heterocycles. The van der Waals surface area contributed by atoms with Gasteiger partial charge in [-0.05, 0) is 55.9 Å². The molecule has 0 radical (unpaired) electrons. The third-order valence-corrected chi connectivity index (χ3v) is 8.12. The molecule has 0 saturated carbocycles. The topological polar surface area (TPSA) is 88.6 Å². The second kappa shape index (κ2) is 7.79. The molecular formula is C20H25N3O4S2. The molecule has 4 rings (SSSR count). The fourth-order valence-electron chi connectivity index (χ4n) is 4.27. The molecule has 7 nitrogen and oxygen atoms in total. The first-order valence-corrected chi connectivity index (χ1v) is 12.1. The molecular weight excluding hydrogens is 410 g/mol. The van der Waals surface area contributed by atoms with Crippen molar-refractivity contribution in [2.24, 2.45) is 5.92 Å². The second-order valence-electron chi connectivity index (χ2n) is 7.91. The van der Waals surface area contributed by atoms with E-state index in [0.717, 1.165) is 24.0 Å². The lowest BCUT2D eigenvalue weighted by Crippen LogP contribution is -2.66. The number of carbonyl (C=O) groups is 1. The smallest absolute Gasteiger partial charge is 0.270 e. The van der Waals surface area contributed by atoms with Gasteiger partial charge in [-0.25, -0.2) is 13.4 Å². The summed E-state index contributed by atoms with van der Waals surface area (Å²) in [6.45, 7) is 5.69. The highest BCUT2D eigenvalue weighted by Crippen LogP contribution is 2.43. The van der Waals surface area contributed by atoms with Gasteiger partial charge < -0.3 is 10.1 Å². The normalized spacial score (nSPS) is 21.2. The van der Waals surface area contributed by atoms with E-state index in [-0.39, 0.29) is 11.8 Å². The molecule has 0 bridgehead atoms. The molecule has 1 atom stereocenters. The van der Waals surface area contributed by atoms with Crippen LogP contribution in [0.15, 0.2) is 34.0 Å². The summed E-state index contributed by atoms with van der Waals surface area (Å²) in [4.78, 5) is 16.4. The number of nitrogens with zero attached hydrogens (tertiary/aromatic N) is 2. The van der Waals surface area contributed by atoms with Crippen LogP contribution in [0.25, 0.3) is 0 Å². The van der Waals surface area contributed by atoms with Gasteiger partial charge in [0.05, 0.1) is 16.0 Å². The molecule has 1 aromatic carbocycles. The fraction of sp³-hybridized carbons (Fsp3) is 0.500. The van der Waals surface area contributed by atoms with Crippen molar-refractivity contribution < 1.29 is 17.9 Å². The number of amides is 1. The summed E-state index contributed by atoms with van der Waals surface area (Å²) in [5.74, 6) is 0.0516. The van der Waals surface area contributed by atoms with Crippen LogP contribution in [-0.2, 0) is 14.8 Å². The van der Waals surface area contributed by atoms with Crippen LogP contribution >= 0.6 is 11.3 Å². The molecule has 2 aliphatic heterocycles. The number of carbonyl (C=O) groups excluding carboxylic acids is 1. The Bertz CT molecular complexity index is 978. The highest BCUT2D eigenvalue weighted by molar-refractivity contribution is 7.89. The maximum atomic E-state index is 13.0. The molecule has 1 aromatic heterocycles. The Kier molecular flexibility index (Phi) is 5.50. The van der Waals surface area contributed by atoms with Crippen molar-refractivity contribution >= 4 is 27.3 Å². The molecule has 29 heavy (non-hydrogen) atoms. The number of aryl methyl sites for hydroxylation is 2. The Morgan fingerprint density at radius 1 is 1.31 bits per heavy atom. The van der Waals surface area contributed by atoms with Crippen LogP contribution in [0.3, 0.4) is 0 Å². The van der Waals surface area contributed by atoms with Crippen LogP contribution in [-0.4, -0.2) is 55.5 Å². The number of nitrogens with one attached hydrogen (secondary N) is 1. The minimum atomic E-state index is -3.52. The molecule has 1 spiro atoms. The third kappa shape index (κ3) is 3.96.